The molecule has 1 saturated carbocycles. The van der Waals surface area contributed by atoms with E-state index in [1.54, 1.807) is 17.0 Å². The Labute approximate surface area is 191 Å². The third kappa shape index (κ3) is 6.30. The molecule has 1 aliphatic heterocycles. The number of aromatic hydroxyl groups is 1. The minimum atomic E-state index is -0.216. The van der Waals surface area contributed by atoms with Crippen molar-refractivity contribution >= 4 is 12.0 Å². The minimum absolute atomic E-state index is 0.00373. The monoisotopic (exact) mass is 446 g/mol. The molecule has 178 valence electrons. The molecule has 2 N–H and O–H groups in total. The number of hydrogen-bond donors (Lipinski definition) is 2. The van der Waals surface area contributed by atoms with E-state index < -0.39 is 0 Å². The van der Waals surface area contributed by atoms with Gasteiger partial charge in [-0.1, -0.05) is 33.3 Å². The lowest BCUT2D eigenvalue weighted by molar-refractivity contribution is -0.121. The number of rotatable bonds is 5. The summed E-state index contributed by atoms with van der Waals surface area (Å²) >= 11 is 0. The van der Waals surface area contributed by atoms with Crippen LogP contribution in [0.5, 0.6) is 11.5 Å². The predicted octanol–water partition coefficient (Wildman–Crippen LogP) is 4.27. The Bertz CT molecular complexity index is 796. The number of carbonyl (C=O) groups excluding carboxylic acids is 2. The number of ether oxygens (including phenoxy) is 2. The maximum atomic E-state index is 12.8. The highest BCUT2D eigenvalue weighted by molar-refractivity contribution is 5.79. The molecule has 32 heavy (non-hydrogen) atoms. The van der Waals surface area contributed by atoms with Crippen LogP contribution < -0.4 is 10.1 Å². The van der Waals surface area contributed by atoms with Gasteiger partial charge in [0, 0.05) is 25.0 Å². The van der Waals surface area contributed by atoms with Gasteiger partial charge in [0.15, 0.2) is 11.5 Å². The topological polar surface area (TPSA) is 88.1 Å². The molecule has 0 spiro atoms. The van der Waals surface area contributed by atoms with Crippen LogP contribution in [0, 0.1) is 11.3 Å². The molecule has 0 radical (unpaired) electrons. The number of carbonyl (C=O) groups is 2. The molecular formula is C25H38N2O5. The normalized spacial score (nSPS) is 22.3. The maximum Gasteiger partial charge on any atom is 0.410 e. The number of amides is 2. The van der Waals surface area contributed by atoms with E-state index in [0.717, 1.165) is 24.8 Å². The number of nitrogens with zero attached hydrogens (tertiary/aromatic N) is 1. The first-order chi connectivity index (χ1) is 15.2. The fourth-order valence-corrected chi connectivity index (χ4v) is 4.94. The zero-order chi connectivity index (χ0) is 23.3. The molecule has 1 aromatic rings. The molecule has 1 heterocycles. The van der Waals surface area contributed by atoms with Gasteiger partial charge in [-0.15, -0.1) is 0 Å². The molecule has 2 fully saturated rings. The molecular weight excluding hydrogens is 408 g/mol. The van der Waals surface area contributed by atoms with E-state index >= 15 is 0 Å². The van der Waals surface area contributed by atoms with Crippen LogP contribution in [-0.4, -0.2) is 54.4 Å². The number of phenols is 1. The molecule has 1 saturated heterocycles. The standard InChI is InChI=1S/C25H38N2O5/c1-25(2,3)19-7-5-6-8-21(19)32-24(30)27-13-11-18(12-14-27)26-23(29)16-17-9-10-20(28)22(15-17)31-4/h9-10,15,18-19,21,28H,5-8,11-14,16H2,1-4H3,(H,26,29). The van der Waals surface area contributed by atoms with Gasteiger partial charge in [0.2, 0.25) is 5.91 Å². The molecule has 1 aliphatic carbocycles. The minimum Gasteiger partial charge on any atom is -0.504 e. The molecule has 2 atom stereocenters. The van der Waals surface area contributed by atoms with Crippen molar-refractivity contribution in [1.29, 1.82) is 0 Å². The zero-order valence-electron chi connectivity index (χ0n) is 19.9. The quantitative estimate of drug-likeness (QED) is 0.705. The second-order valence-corrected chi connectivity index (χ2v) is 10.2. The second kappa shape index (κ2) is 10.5. The summed E-state index contributed by atoms with van der Waals surface area (Å²) < 4.78 is 11.1. The van der Waals surface area contributed by atoms with E-state index in [0.29, 0.717) is 37.6 Å². The first-order valence-corrected chi connectivity index (χ1v) is 11.8. The Hall–Kier alpha value is -2.44. The van der Waals surface area contributed by atoms with E-state index in [2.05, 4.69) is 26.1 Å². The summed E-state index contributed by atoms with van der Waals surface area (Å²) in [5, 5.41) is 12.8. The van der Waals surface area contributed by atoms with Gasteiger partial charge in [-0.2, -0.15) is 0 Å². The van der Waals surface area contributed by atoms with Crippen molar-refractivity contribution < 1.29 is 24.2 Å². The lowest BCUT2D eigenvalue weighted by Crippen LogP contribution is -2.48. The Kier molecular flexibility index (Phi) is 7.91. The van der Waals surface area contributed by atoms with Crippen molar-refractivity contribution in [3.63, 3.8) is 0 Å². The van der Waals surface area contributed by atoms with Crippen molar-refractivity contribution in [2.24, 2.45) is 11.3 Å². The van der Waals surface area contributed by atoms with Gasteiger partial charge < -0.3 is 24.8 Å². The second-order valence-electron chi connectivity index (χ2n) is 10.2. The zero-order valence-corrected chi connectivity index (χ0v) is 19.9. The third-order valence-corrected chi connectivity index (χ3v) is 6.79. The van der Waals surface area contributed by atoms with Gasteiger partial charge in [-0.3, -0.25) is 4.79 Å². The van der Waals surface area contributed by atoms with Crippen LogP contribution in [0.4, 0.5) is 4.79 Å². The number of phenolic OH excluding ortho intramolecular Hbond substituents is 1. The molecule has 0 aromatic heterocycles. The van der Waals surface area contributed by atoms with Crippen LogP contribution in [0.1, 0.15) is 64.9 Å². The fraction of sp³-hybridized carbons (Fsp3) is 0.680. The van der Waals surface area contributed by atoms with Crippen molar-refractivity contribution in [3.05, 3.63) is 23.8 Å². The lowest BCUT2D eigenvalue weighted by atomic mass is 9.71. The van der Waals surface area contributed by atoms with Gasteiger partial charge in [0.25, 0.3) is 0 Å². The van der Waals surface area contributed by atoms with Crippen molar-refractivity contribution in [3.8, 4) is 11.5 Å². The number of benzene rings is 1. The number of methoxy groups -OCH3 is 1. The summed E-state index contributed by atoms with van der Waals surface area (Å²) in [6.07, 6.45) is 5.81. The van der Waals surface area contributed by atoms with Gasteiger partial charge in [0.05, 0.1) is 13.5 Å². The van der Waals surface area contributed by atoms with E-state index in [9.17, 15) is 14.7 Å². The fourth-order valence-electron chi connectivity index (χ4n) is 4.94. The van der Waals surface area contributed by atoms with Crippen LogP contribution in [0.2, 0.25) is 0 Å². The Morgan fingerprint density at radius 2 is 1.81 bits per heavy atom. The molecule has 0 bridgehead atoms. The van der Waals surface area contributed by atoms with Crippen molar-refractivity contribution in [1.82, 2.24) is 10.2 Å². The Morgan fingerprint density at radius 3 is 2.47 bits per heavy atom. The van der Waals surface area contributed by atoms with Crippen LogP contribution >= 0.6 is 0 Å². The molecule has 2 aliphatic rings. The number of likely N-dealkylation sites (tertiary alicyclic amines) is 1. The van der Waals surface area contributed by atoms with Gasteiger partial charge in [-0.25, -0.2) is 4.79 Å². The highest BCUT2D eigenvalue weighted by atomic mass is 16.6. The van der Waals surface area contributed by atoms with Crippen LogP contribution in [0.15, 0.2) is 18.2 Å². The number of hydrogen-bond acceptors (Lipinski definition) is 5. The first kappa shape index (κ1) is 24.2. The molecule has 2 amide bonds. The molecule has 1 aromatic carbocycles. The van der Waals surface area contributed by atoms with Gasteiger partial charge >= 0.3 is 6.09 Å². The lowest BCUT2D eigenvalue weighted by Gasteiger charge is -2.41. The van der Waals surface area contributed by atoms with Gasteiger partial charge in [-0.05, 0) is 55.2 Å². The van der Waals surface area contributed by atoms with E-state index in [4.69, 9.17) is 9.47 Å². The smallest absolute Gasteiger partial charge is 0.410 e. The van der Waals surface area contributed by atoms with Crippen LogP contribution in [-0.2, 0) is 16.0 Å². The maximum absolute atomic E-state index is 12.8. The summed E-state index contributed by atoms with van der Waals surface area (Å²) in [6, 6.07) is 4.96. The van der Waals surface area contributed by atoms with Gasteiger partial charge in [0.1, 0.15) is 6.10 Å². The summed E-state index contributed by atoms with van der Waals surface area (Å²) in [6.45, 7) is 7.86. The van der Waals surface area contributed by atoms with E-state index in [1.807, 2.05) is 0 Å². The SMILES string of the molecule is COc1cc(CC(=O)NC2CCN(C(=O)OC3CCCCC3C(C)(C)C)CC2)ccc1O. The number of nitrogens with one attached hydrogen (secondary N) is 1. The third-order valence-electron chi connectivity index (χ3n) is 6.79. The summed E-state index contributed by atoms with van der Waals surface area (Å²) in [4.78, 5) is 27.0. The van der Waals surface area contributed by atoms with Crippen LogP contribution in [0.3, 0.4) is 0 Å². The summed E-state index contributed by atoms with van der Waals surface area (Å²) in [5.41, 5.74) is 0.906. The van der Waals surface area contributed by atoms with E-state index in [1.165, 1.54) is 19.6 Å². The van der Waals surface area contributed by atoms with Crippen molar-refractivity contribution in [2.75, 3.05) is 20.2 Å². The van der Waals surface area contributed by atoms with Crippen LogP contribution in [0.25, 0.3) is 0 Å². The molecule has 7 heteroatoms. The summed E-state index contributed by atoms with van der Waals surface area (Å²) in [5.74, 6) is 0.733. The Balaban J connectivity index is 1.45. The molecule has 7 nitrogen and oxygen atoms in total. The highest BCUT2D eigenvalue weighted by Gasteiger charge is 2.37. The predicted molar refractivity (Wildman–Crippen MR) is 123 cm³/mol. The van der Waals surface area contributed by atoms with Crippen molar-refractivity contribution in [2.45, 2.75) is 77.9 Å². The average molecular weight is 447 g/mol. The first-order valence-electron chi connectivity index (χ1n) is 11.8. The molecule has 2 unspecified atom stereocenters. The Morgan fingerprint density at radius 1 is 1.12 bits per heavy atom. The summed E-state index contributed by atoms with van der Waals surface area (Å²) in [7, 11) is 1.48. The number of piperidine rings is 1. The molecule has 3 rings (SSSR count). The highest BCUT2D eigenvalue weighted by Crippen LogP contribution is 2.39. The largest absolute Gasteiger partial charge is 0.504 e. The average Bonchev–Trinajstić information content (AvgIpc) is 2.75. The van der Waals surface area contributed by atoms with E-state index in [-0.39, 0.29) is 41.7 Å².